The molecule has 0 atom stereocenters. The number of alkyl halides is 3. The summed E-state index contributed by atoms with van der Waals surface area (Å²) in [6.45, 7) is 7.51. The molecule has 0 amide bonds. The number of benzene rings is 4. The first-order chi connectivity index (χ1) is 24.6. The molecule has 1 N–H and O–H groups in total. The second-order valence-electron chi connectivity index (χ2n) is 12.8. The molecule has 2 heterocycles. The zero-order chi connectivity index (χ0) is 35.8. The molecule has 8 nitrogen and oxygen atoms in total. The van der Waals surface area contributed by atoms with Crippen LogP contribution in [0.15, 0.2) is 91.0 Å². The highest BCUT2D eigenvalue weighted by atomic mass is 31.2. The van der Waals surface area contributed by atoms with Gasteiger partial charge in [-0.2, -0.15) is 0 Å². The minimum absolute atomic E-state index is 0.239. The van der Waals surface area contributed by atoms with Crippen molar-refractivity contribution >= 4 is 18.6 Å². The average Bonchev–Trinajstić information content (AvgIpc) is 3.53. The second kappa shape index (κ2) is 16.5. The fourth-order valence-corrected chi connectivity index (χ4v) is 8.21. The maximum Gasteiger partial charge on any atom is 0.573 e. The molecule has 0 saturated carbocycles. The quantitative estimate of drug-likeness (QED) is 0.108. The number of nitrogens with zero attached hydrogens (tertiary/aromatic N) is 2. The summed E-state index contributed by atoms with van der Waals surface area (Å²) in [6.07, 6.45) is -1.41. The van der Waals surface area contributed by atoms with Crippen LogP contribution in [0.25, 0.3) is 22.4 Å². The predicted molar refractivity (Wildman–Crippen MR) is 192 cm³/mol. The number of hydrogen-bond acceptors (Lipinski definition) is 7. The number of halogens is 3. The maximum atomic E-state index is 12.9. The van der Waals surface area contributed by atoms with E-state index in [1.165, 1.54) is 23.8 Å². The van der Waals surface area contributed by atoms with E-state index in [1.807, 2.05) is 56.3 Å². The van der Waals surface area contributed by atoms with Gasteiger partial charge in [-0.1, -0.05) is 60.7 Å². The van der Waals surface area contributed by atoms with Crippen molar-refractivity contribution in [1.29, 1.82) is 0 Å². The number of para-hydroxylation sites is 1. The summed E-state index contributed by atoms with van der Waals surface area (Å²) in [4.78, 5) is 10.3. The van der Waals surface area contributed by atoms with Gasteiger partial charge in [0.05, 0.1) is 30.4 Å². The number of hydrogen-bond donors (Lipinski definition) is 1. The first kappa shape index (κ1) is 36.6. The highest BCUT2D eigenvalue weighted by molar-refractivity contribution is 7.53. The van der Waals surface area contributed by atoms with Crippen LogP contribution in [0.2, 0.25) is 0 Å². The highest BCUT2D eigenvalue weighted by Gasteiger charge is 2.31. The SMILES string of the molecule is CCOP(=O)(Cc1ccc(COc2ccccc2CC2CCN(Cc3ccc4nc(-c5cccc(OC(F)(F)F)c5)[nH]c4c3)CC2)cc1)OCC. The molecular formula is C39H43F3N3O5P. The molecule has 0 spiro atoms. The minimum Gasteiger partial charge on any atom is -0.489 e. The van der Waals surface area contributed by atoms with E-state index in [4.69, 9.17) is 13.8 Å². The van der Waals surface area contributed by atoms with Gasteiger partial charge in [-0.3, -0.25) is 9.46 Å². The number of aromatic amines is 1. The standard InChI is InChI=1S/C39H43F3N3O5P/c1-3-48-51(46,49-4-2)27-30-14-12-29(13-15-30)26-47-37-11-6-5-8-32(37)22-28-18-20-45(21-19-28)25-31-16-17-35-36(23-31)44-38(43-35)33-9-7-10-34(24-33)50-39(40,41)42/h5-17,23-24,28H,3-4,18-22,25-27H2,1-2H3,(H,43,44). The molecule has 12 heteroatoms. The van der Waals surface area contributed by atoms with Gasteiger partial charge in [0.25, 0.3) is 0 Å². The number of nitrogens with one attached hydrogen (secondary N) is 1. The van der Waals surface area contributed by atoms with E-state index in [0.717, 1.165) is 72.4 Å². The van der Waals surface area contributed by atoms with Gasteiger partial charge in [0, 0.05) is 12.1 Å². The van der Waals surface area contributed by atoms with Crippen molar-refractivity contribution in [1.82, 2.24) is 14.9 Å². The molecule has 6 rings (SSSR count). The van der Waals surface area contributed by atoms with E-state index < -0.39 is 14.0 Å². The van der Waals surface area contributed by atoms with Crippen molar-refractivity contribution in [3.8, 4) is 22.9 Å². The smallest absolute Gasteiger partial charge is 0.489 e. The average molecular weight is 722 g/mol. The van der Waals surface area contributed by atoms with Crippen LogP contribution in [0.5, 0.6) is 11.5 Å². The molecule has 4 aromatic carbocycles. The maximum absolute atomic E-state index is 12.9. The Kier molecular flexibility index (Phi) is 11.8. The third-order valence-corrected chi connectivity index (χ3v) is 11.0. The summed E-state index contributed by atoms with van der Waals surface area (Å²) in [5, 5.41) is 0. The molecule has 1 aliphatic rings. The molecule has 1 aromatic heterocycles. The van der Waals surface area contributed by atoms with Crippen molar-refractivity contribution in [2.24, 2.45) is 5.92 Å². The van der Waals surface area contributed by atoms with Crippen molar-refractivity contribution in [3.63, 3.8) is 0 Å². The van der Waals surface area contributed by atoms with Crippen molar-refractivity contribution in [2.75, 3.05) is 26.3 Å². The Hall–Kier alpha value is -4.15. The molecule has 0 bridgehead atoms. The second-order valence-corrected chi connectivity index (χ2v) is 14.8. The van der Waals surface area contributed by atoms with Crippen molar-refractivity contribution in [3.05, 3.63) is 113 Å². The molecule has 0 aliphatic carbocycles. The Balaban J connectivity index is 1.00. The summed E-state index contributed by atoms with van der Waals surface area (Å²) in [5.41, 5.74) is 6.38. The number of piperidine rings is 1. The van der Waals surface area contributed by atoms with Crippen molar-refractivity contribution in [2.45, 2.75) is 58.8 Å². The number of fused-ring (bicyclic) bond motifs is 1. The summed E-state index contributed by atoms with van der Waals surface area (Å²) >= 11 is 0. The fourth-order valence-electron chi connectivity index (χ4n) is 6.51. The highest BCUT2D eigenvalue weighted by Crippen LogP contribution is 2.51. The summed E-state index contributed by atoms with van der Waals surface area (Å²) in [6, 6.07) is 28.0. The van der Waals surface area contributed by atoms with E-state index in [2.05, 4.69) is 43.9 Å². The number of ether oxygens (including phenoxy) is 2. The van der Waals surface area contributed by atoms with Crippen LogP contribution < -0.4 is 9.47 Å². The molecule has 1 aliphatic heterocycles. The molecule has 1 fully saturated rings. The molecule has 5 aromatic rings. The van der Waals surface area contributed by atoms with Crippen molar-refractivity contribution < 1.29 is 36.3 Å². The van der Waals surface area contributed by atoms with Gasteiger partial charge in [0.2, 0.25) is 0 Å². The molecule has 0 unspecified atom stereocenters. The van der Waals surface area contributed by atoms with E-state index >= 15 is 0 Å². The lowest BCUT2D eigenvalue weighted by molar-refractivity contribution is -0.274. The van der Waals surface area contributed by atoms with E-state index in [9.17, 15) is 17.7 Å². The largest absolute Gasteiger partial charge is 0.573 e. The number of imidazole rings is 1. The van der Waals surface area contributed by atoms with Gasteiger partial charge in [-0.25, -0.2) is 4.98 Å². The Bertz CT molecular complexity index is 1930. The normalized spacial score (nSPS) is 14.6. The van der Waals surface area contributed by atoms with Crippen LogP contribution in [-0.4, -0.2) is 47.5 Å². The van der Waals surface area contributed by atoms with Gasteiger partial charge >= 0.3 is 14.0 Å². The monoisotopic (exact) mass is 721 g/mol. The van der Waals surface area contributed by atoms with Crippen LogP contribution in [-0.2, 0) is 39.3 Å². The molecule has 1 saturated heterocycles. The van der Waals surface area contributed by atoms with Crippen LogP contribution in [0, 0.1) is 5.92 Å². The summed E-state index contributed by atoms with van der Waals surface area (Å²) in [7, 11) is -3.16. The summed E-state index contributed by atoms with van der Waals surface area (Å²) in [5.74, 6) is 1.65. The fraction of sp³-hybridized carbons (Fsp3) is 0.359. The lowest BCUT2D eigenvalue weighted by atomic mass is 9.89. The van der Waals surface area contributed by atoms with Gasteiger partial charge in [-0.05, 0) is 105 Å². The third-order valence-electron chi connectivity index (χ3n) is 8.93. The number of aromatic nitrogens is 2. The van der Waals surface area contributed by atoms with Crippen LogP contribution in [0.1, 0.15) is 48.9 Å². The van der Waals surface area contributed by atoms with E-state index in [1.54, 1.807) is 6.07 Å². The molecule has 51 heavy (non-hydrogen) atoms. The Morgan fingerprint density at radius 3 is 2.29 bits per heavy atom. The summed E-state index contributed by atoms with van der Waals surface area (Å²) < 4.78 is 72.3. The van der Waals surface area contributed by atoms with Gasteiger partial charge in [0.1, 0.15) is 23.9 Å². The zero-order valence-electron chi connectivity index (χ0n) is 28.8. The topological polar surface area (TPSA) is 85.9 Å². The van der Waals surface area contributed by atoms with E-state index in [0.29, 0.717) is 37.1 Å². The minimum atomic E-state index is -4.75. The Morgan fingerprint density at radius 1 is 0.863 bits per heavy atom. The molecule has 0 radical (unpaired) electrons. The van der Waals surface area contributed by atoms with Crippen LogP contribution in [0.4, 0.5) is 13.2 Å². The van der Waals surface area contributed by atoms with Gasteiger partial charge in [-0.15, -0.1) is 13.2 Å². The number of likely N-dealkylation sites (tertiary alicyclic amines) is 1. The number of rotatable bonds is 15. The molecular weight excluding hydrogens is 678 g/mol. The van der Waals surface area contributed by atoms with Crippen LogP contribution in [0.3, 0.4) is 0 Å². The van der Waals surface area contributed by atoms with E-state index in [-0.39, 0.29) is 11.9 Å². The van der Waals surface area contributed by atoms with Crippen LogP contribution >= 0.6 is 7.60 Å². The first-order valence-corrected chi connectivity index (χ1v) is 19.0. The third kappa shape index (κ3) is 10.2. The Morgan fingerprint density at radius 2 is 1.57 bits per heavy atom. The lowest BCUT2D eigenvalue weighted by Gasteiger charge is -2.32. The molecule has 270 valence electrons. The first-order valence-electron chi connectivity index (χ1n) is 17.3. The number of H-pyrrole nitrogens is 1. The predicted octanol–water partition coefficient (Wildman–Crippen LogP) is 9.93. The Labute approximate surface area is 296 Å². The lowest BCUT2D eigenvalue weighted by Crippen LogP contribution is -2.33. The van der Waals surface area contributed by atoms with Gasteiger partial charge < -0.3 is 23.5 Å². The van der Waals surface area contributed by atoms with Gasteiger partial charge in [0.15, 0.2) is 0 Å². The zero-order valence-corrected chi connectivity index (χ0v) is 29.7.